The average molecular weight is 570 g/mol. The summed E-state index contributed by atoms with van der Waals surface area (Å²) in [5.41, 5.74) is 3.77. The Balaban J connectivity index is 1.41. The third-order valence-electron chi connectivity index (χ3n) is 7.07. The van der Waals surface area contributed by atoms with E-state index < -0.39 is 35.6 Å². The van der Waals surface area contributed by atoms with Crippen LogP contribution in [0.2, 0.25) is 0 Å². The summed E-state index contributed by atoms with van der Waals surface area (Å²) in [5, 5.41) is 12.4. The first kappa shape index (κ1) is 29.6. The van der Waals surface area contributed by atoms with E-state index in [2.05, 4.69) is 0 Å². The normalized spacial score (nSPS) is 22.0. The summed E-state index contributed by atoms with van der Waals surface area (Å²) in [4.78, 5) is 11.9. The zero-order chi connectivity index (χ0) is 29.0. The van der Waals surface area contributed by atoms with Crippen molar-refractivity contribution in [2.24, 2.45) is 0 Å². The van der Waals surface area contributed by atoms with Crippen molar-refractivity contribution in [3.05, 3.63) is 154 Å². The minimum atomic E-state index is -1.48. The first-order chi connectivity index (χ1) is 20.7. The van der Waals surface area contributed by atoms with Crippen molar-refractivity contribution >= 4 is 0 Å². The zero-order valence-electron chi connectivity index (χ0n) is 23.3. The predicted octanol–water partition coefficient (Wildman–Crippen LogP) is 5.96. The molecular formula is C34H35NO7. The number of hydrogen-bond donors (Lipinski definition) is 0. The molecule has 4 aromatic carbocycles. The molecule has 1 unspecified atom stereocenters. The molecule has 0 radical (unpaired) electrons. The lowest BCUT2D eigenvalue weighted by molar-refractivity contribution is -0.606. The first-order valence-electron chi connectivity index (χ1n) is 14.0. The van der Waals surface area contributed by atoms with Gasteiger partial charge >= 0.3 is 6.23 Å². The summed E-state index contributed by atoms with van der Waals surface area (Å²) in [7, 11) is 0. The maximum absolute atomic E-state index is 12.4. The molecule has 42 heavy (non-hydrogen) atoms. The smallest absolute Gasteiger partial charge is 0.344 e. The largest absolute Gasteiger partial charge is 0.374 e. The van der Waals surface area contributed by atoms with Gasteiger partial charge in [0.25, 0.3) is 0 Å². The summed E-state index contributed by atoms with van der Waals surface area (Å²) in [5.74, 6) is 0. The monoisotopic (exact) mass is 569 g/mol. The summed E-state index contributed by atoms with van der Waals surface area (Å²) < 4.78 is 31.3. The van der Waals surface area contributed by atoms with Gasteiger partial charge in [0.1, 0.15) is 18.3 Å². The van der Waals surface area contributed by atoms with Gasteiger partial charge in [0.15, 0.2) is 6.10 Å². The molecule has 1 saturated heterocycles. The van der Waals surface area contributed by atoms with Crippen LogP contribution in [0.15, 0.2) is 121 Å². The van der Waals surface area contributed by atoms with Crippen molar-refractivity contribution in [3.8, 4) is 0 Å². The quantitative estimate of drug-likeness (QED) is 0.137. The van der Waals surface area contributed by atoms with Crippen molar-refractivity contribution in [1.29, 1.82) is 0 Å². The Hall–Kier alpha value is -3.92. The molecule has 0 aromatic heterocycles. The molecule has 0 aliphatic carbocycles. The minimum absolute atomic E-state index is 0.0787. The molecule has 0 amide bonds. The van der Waals surface area contributed by atoms with Gasteiger partial charge in [-0.1, -0.05) is 121 Å². The van der Waals surface area contributed by atoms with E-state index in [-0.39, 0.29) is 26.4 Å². The standard InChI is InChI=1S/C34H35NO7/c36-35(37)34-33(41-24-29-19-11-4-12-20-29)32(40-23-28-17-9-3-10-18-28)31(39-22-27-15-7-2-8-16-27)30(42-34)25-38-21-26-13-5-1-6-14-26/h1-20,30-34H,21-25H2/t30-,31-,32+,33-,34?/m1/s1. The maximum atomic E-state index is 12.4. The highest BCUT2D eigenvalue weighted by Gasteiger charge is 2.53. The first-order valence-corrected chi connectivity index (χ1v) is 14.0. The number of ether oxygens (including phenoxy) is 5. The second-order valence-electron chi connectivity index (χ2n) is 10.1. The Kier molecular flexibility index (Phi) is 10.8. The average Bonchev–Trinajstić information content (AvgIpc) is 3.04. The fourth-order valence-corrected chi connectivity index (χ4v) is 4.93. The van der Waals surface area contributed by atoms with Gasteiger partial charge < -0.3 is 23.7 Å². The van der Waals surface area contributed by atoms with Crippen molar-refractivity contribution < 1.29 is 28.6 Å². The fraction of sp³-hybridized carbons (Fsp3) is 0.294. The van der Waals surface area contributed by atoms with E-state index in [0.29, 0.717) is 6.61 Å². The van der Waals surface area contributed by atoms with Crippen LogP contribution in [-0.2, 0) is 50.1 Å². The van der Waals surface area contributed by atoms with Crippen LogP contribution in [-0.4, -0.2) is 42.2 Å². The molecule has 1 fully saturated rings. The van der Waals surface area contributed by atoms with Gasteiger partial charge in [-0.15, -0.1) is 0 Å². The van der Waals surface area contributed by atoms with Crippen LogP contribution >= 0.6 is 0 Å². The van der Waals surface area contributed by atoms with Gasteiger partial charge in [0.2, 0.25) is 0 Å². The van der Waals surface area contributed by atoms with E-state index >= 15 is 0 Å². The van der Waals surface area contributed by atoms with E-state index in [9.17, 15) is 10.1 Å². The molecule has 1 aliphatic heterocycles. The Labute approximate surface area is 245 Å². The molecule has 0 bridgehead atoms. The maximum Gasteiger partial charge on any atom is 0.344 e. The van der Waals surface area contributed by atoms with Crippen LogP contribution in [0.3, 0.4) is 0 Å². The van der Waals surface area contributed by atoms with Gasteiger partial charge in [-0.2, -0.15) is 0 Å². The molecular weight excluding hydrogens is 534 g/mol. The molecule has 218 valence electrons. The Morgan fingerprint density at radius 2 is 0.929 bits per heavy atom. The van der Waals surface area contributed by atoms with E-state index in [4.69, 9.17) is 23.7 Å². The molecule has 0 saturated carbocycles. The van der Waals surface area contributed by atoms with Crippen molar-refractivity contribution in [1.82, 2.24) is 0 Å². The molecule has 1 aliphatic rings. The van der Waals surface area contributed by atoms with Gasteiger partial charge in [-0.05, 0) is 22.3 Å². The lowest BCUT2D eigenvalue weighted by Crippen LogP contribution is -2.63. The Morgan fingerprint density at radius 1 is 0.548 bits per heavy atom. The molecule has 0 N–H and O–H groups in total. The summed E-state index contributed by atoms with van der Waals surface area (Å²) in [6, 6.07) is 38.7. The molecule has 4 aromatic rings. The zero-order valence-corrected chi connectivity index (χ0v) is 23.3. The number of rotatable bonds is 14. The molecule has 5 atom stereocenters. The summed E-state index contributed by atoms with van der Waals surface area (Å²) in [6.07, 6.45) is -4.80. The van der Waals surface area contributed by atoms with Crippen LogP contribution in [0.5, 0.6) is 0 Å². The second-order valence-corrected chi connectivity index (χ2v) is 10.1. The van der Waals surface area contributed by atoms with E-state index in [0.717, 1.165) is 22.3 Å². The van der Waals surface area contributed by atoms with Crippen LogP contribution in [0.1, 0.15) is 22.3 Å². The lowest BCUT2D eigenvalue weighted by Gasteiger charge is -2.42. The van der Waals surface area contributed by atoms with Crippen LogP contribution in [0, 0.1) is 10.1 Å². The van der Waals surface area contributed by atoms with Crippen LogP contribution in [0.25, 0.3) is 0 Å². The molecule has 8 heteroatoms. The highest BCUT2D eigenvalue weighted by atomic mass is 16.7. The molecule has 1 heterocycles. The third-order valence-corrected chi connectivity index (χ3v) is 7.07. The number of nitrogens with zero attached hydrogens (tertiary/aromatic N) is 1. The van der Waals surface area contributed by atoms with Crippen molar-refractivity contribution in [2.75, 3.05) is 6.61 Å². The van der Waals surface area contributed by atoms with Gasteiger partial charge in [-0.25, -0.2) is 0 Å². The van der Waals surface area contributed by atoms with E-state index in [1.54, 1.807) is 0 Å². The predicted molar refractivity (Wildman–Crippen MR) is 157 cm³/mol. The topological polar surface area (TPSA) is 89.3 Å². The fourth-order valence-electron chi connectivity index (χ4n) is 4.93. The van der Waals surface area contributed by atoms with E-state index in [1.807, 2.05) is 121 Å². The lowest BCUT2D eigenvalue weighted by atomic mass is 9.97. The Bertz CT molecular complexity index is 1340. The molecule has 8 nitrogen and oxygen atoms in total. The SMILES string of the molecule is O=[N+]([O-])C1O[C@H](COCc2ccccc2)[C@@H](OCc2ccccc2)[C@H](OCc2ccccc2)[C@H]1OCc1ccccc1. The van der Waals surface area contributed by atoms with Gasteiger partial charge in [0, 0.05) is 0 Å². The third kappa shape index (κ3) is 8.31. The highest BCUT2D eigenvalue weighted by molar-refractivity contribution is 5.16. The van der Waals surface area contributed by atoms with Gasteiger partial charge in [-0.3, -0.25) is 10.1 Å². The summed E-state index contributed by atoms with van der Waals surface area (Å²) in [6.45, 7) is 1.06. The van der Waals surface area contributed by atoms with Crippen molar-refractivity contribution in [3.63, 3.8) is 0 Å². The van der Waals surface area contributed by atoms with Crippen LogP contribution in [0.4, 0.5) is 0 Å². The number of benzene rings is 4. The number of nitro groups is 1. The molecule has 5 rings (SSSR count). The van der Waals surface area contributed by atoms with E-state index in [1.165, 1.54) is 0 Å². The second kappa shape index (κ2) is 15.3. The highest BCUT2D eigenvalue weighted by Crippen LogP contribution is 2.31. The number of hydrogen-bond acceptors (Lipinski definition) is 7. The summed E-state index contributed by atoms with van der Waals surface area (Å²) >= 11 is 0. The van der Waals surface area contributed by atoms with Crippen LogP contribution < -0.4 is 0 Å². The Morgan fingerprint density at radius 3 is 1.36 bits per heavy atom. The molecule has 0 spiro atoms. The van der Waals surface area contributed by atoms with Crippen molar-refractivity contribution in [2.45, 2.75) is 57.1 Å². The van der Waals surface area contributed by atoms with Gasteiger partial charge in [0.05, 0.1) is 38.0 Å². The minimum Gasteiger partial charge on any atom is -0.374 e.